The van der Waals surface area contributed by atoms with Crippen LogP contribution in [0.15, 0.2) is 34.9 Å². The molecule has 1 saturated heterocycles. The van der Waals surface area contributed by atoms with Gasteiger partial charge in [0.2, 0.25) is 0 Å². The van der Waals surface area contributed by atoms with E-state index in [-0.39, 0.29) is 18.1 Å². The first-order valence-corrected chi connectivity index (χ1v) is 10.3. The van der Waals surface area contributed by atoms with Crippen LogP contribution in [-0.2, 0) is 11.3 Å². The molecule has 1 fully saturated rings. The van der Waals surface area contributed by atoms with E-state index in [1.165, 1.54) is 0 Å². The molecule has 2 atom stereocenters. The number of morpholine rings is 1. The van der Waals surface area contributed by atoms with E-state index in [0.29, 0.717) is 28.1 Å². The van der Waals surface area contributed by atoms with Crippen molar-refractivity contribution in [2.45, 2.75) is 32.6 Å². The van der Waals surface area contributed by atoms with Gasteiger partial charge in [-0.15, -0.1) is 0 Å². The van der Waals surface area contributed by atoms with Crippen molar-refractivity contribution in [1.82, 2.24) is 10.3 Å². The summed E-state index contributed by atoms with van der Waals surface area (Å²) in [6.45, 7) is 6.15. The largest absolute Gasteiger partial charge is 0.495 e. The van der Waals surface area contributed by atoms with Gasteiger partial charge in [0.05, 0.1) is 26.4 Å². The van der Waals surface area contributed by atoms with Gasteiger partial charge in [0.25, 0.3) is 5.91 Å². The number of methoxy groups -OCH3 is 2. The van der Waals surface area contributed by atoms with E-state index >= 15 is 0 Å². The Labute approximate surface area is 179 Å². The topological polar surface area (TPSA) is 72.9 Å². The number of rotatable bonds is 6. The quantitative estimate of drug-likeness (QED) is 0.707. The Morgan fingerprint density at radius 1 is 1.21 bits per heavy atom. The van der Waals surface area contributed by atoms with Gasteiger partial charge in [-0.3, -0.25) is 4.79 Å². The van der Waals surface area contributed by atoms with Crippen LogP contribution < -0.4 is 19.7 Å². The summed E-state index contributed by atoms with van der Waals surface area (Å²) < 4.78 is 17.0. The lowest BCUT2D eigenvalue weighted by atomic mass is 10.1. The van der Waals surface area contributed by atoms with E-state index in [2.05, 4.69) is 45.0 Å². The standard InChI is InChI=1S/C21H26BrN3O4/c1-13-11-25(12-14(2)29-13)19-6-5-15(9-23-19)10-24-21(26)16-7-17(27-3)20(22)18(8-16)28-4/h5-9,13-14H,10-12H2,1-4H3,(H,24,26). The molecule has 0 saturated carbocycles. The second-order valence-corrected chi connectivity index (χ2v) is 7.86. The van der Waals surface area contributed by atoms with Crippen molar-refractivity contribution in [3.8, 4) is 11.5 Å². The monoisotopic (exact) mass is 463 g/mol. The maximum atomic E-state index is 12.6. The number of ether oxygens (including phenoxy) is 3. The number of amides is 1. The molecule has 8 heteroatoms. The van der Waals surface area contributed by atoms with Crippen molar-refractivity contribution >= 4 is 27.7 Å². The smallest absolute Gasteiger partial charge is 0.251 e. The molecule has 2 heterocycles. The Hall–Kier alpha value is -2.32. The highest BCUT2D eigenvalue weighted by Gasteiger charge is 2.23. The van der Waals surface area contributed by atoms with Gasteiger partial charge in [0.15, 0.2) is 0 Å². The summed E-state index contributed by atoms with van der Waals surface area (Å²) in [5.41, 5.74) is 1.38. The van der Waals surface area contributed by atoms with Crippen LogP contribution >= 0.6 is 15.9 Å². The maximum absolute atomic E-state index is 12.6. The lowest BCUT2D eigenvalue weighted by molar-refractivity contribution is -0.00546. The molecular formula is C21H26BrN3O4. The zero-order valence-electron chi connectivity index (χ0n) is 17.1. The van der Waals surface area contributed by atoms with Crippen molar-refractivity contribution in [2.24, 2.45) is 0 Å². The van der Waals surface area contributed by atoms with Crippen molar-refractivity contribution < 1.29 is 19.0 Å². The van der Waals surface area contributed by atoms with Gasteiger partial charge < -0.3 is 24.4 Å². The summed E-state index contributed by atoms with van der Waals surface area (Å²) in [4.78, 5) is 19.4. The highest BCUT2D eigenvalue weighted by atomic mass is 79.9. The number of pyridine rings is 1. The van der Waals surface area contributed by atoms with Crippen LogP contribution in [0.3, 0.4) is 0 Å². The Bertz CT molecular complexity index is 824. The van der Waals surface area contributed by atoms with Crippen molar-refractivity contribution in [3.05, 3.63) is 46.1 Å². The number of nitrogens with one attached hydrogen (secondary N) is 1. The third kappa shape index (κ3) is 5.19. The minimum Gasteiger partial charge on any atom is -0.495 e. The zero-order chi connectivity index (χ0) is 21.0. The normalized spacial score (nSPS) is 19.0. The summed E-state index contributed by atoms with van der Waals surface area (Å²) in [6, 6.07) is 7.31. The summed E-state index contributed by atoms with van der Waals surface area (Å²) in [5.74, 6) is 1.78. The van der Waals surface area contributed by atoms with Gasteiger partial charge in [0.1, 0.15) is 21.8 Å². The third-order valence-corrected chi connectivity index (χ3v) is 5.50. The fourth-order valence-corrected chi connectivity index (χ4v) is 3.91. The molecule has 0 radical (unpaired) electrons. The molecule has 1 amide bonds. The van der Waals surface area contributed by atoms with Crippen LogP contribution in [0.4, 0.5) is 5.82 Å². The van der Waals surface area contributed by atoms with Crippen molar-refractivity contribution in [1.29, 1.82) is 0 Å². The first-order chi connectivity index (χ1) is 13.9. The molecule has 1 aliphatic heterocycles. The van der Waals surface area contributed by atoms with Gasteiger partial charge in [-0.05, 0) is 53.5 Å². The number of hydrogen-bond donors (Lipinski definition) is 1. The van der Waals surface area contributed by atoms with Gasteiger partial charge in [0, 0.05) is 31.4 Å². The molecule has 0 aliphatic carbocycles. The van der Waals surface area contributed by atoms with Gasteiger partial charge in [-0.25, -0.2) is 4.98 Å². The molecule has 0 bridgehead atoms. The van der Waals surface area contributed by atoms with E-state index in [1.54, 1.807) is 32.5 Å². The fraction of sp³-hybridized carbons (Fsp3) is 0.429. The number of carbonyl (C=O) groups is 1. The maximum Gasteiger partial charge on any atom is 0.251 e. The van der Waals surface area contributed by atoms with Crippen LogP contribution in [0.2, 0.25) is 0 Å². The minimum absolute atomic E-state index is 0.180. The number of anilines is 1. The van der Waals surface area contributed by atoms with Crippen LogP contribution in [0, 0.1) is 0 Å². The van der Waals surface area contributed by atoms with Gasteiger partial charge >= 0.3 is 0 Å². The first kappa shape index (κ1) is 21.4. The molecule has 3 rings (SSSR count). The highest BCUT2D eigenvalue weighted by molar-refractivity contribution is 9.10. The number of nitrogens with zero attached hydrogens (tertiary/aromatic N) is 2. The number of benzene rings is 1. The molecule has 2 aromatic rings. The zero-order valence-corrected chi connectivity index (χ0v) is 18.7. The molecule has 1 aliphatic rings. The van der Waals surface area contributed by atoms with Crippen molar-refractivity contribution in [2.75, 3.05) is 32.2 Å². The molecule has 1 aromatic heterocycles. The second-order valence-electron chi connectivity index (χ2n) is 7.06. The number of hydrogen-bond acceptors (Lipinski definition) is 6. The Balaban J connectivity index is 1.63. The van der Waals surface area contributed by atoms with Gasteiger partial charge in [-0.2, -0.15) is 0 Å². The fourth-order valence-electron chi connectivity index (χ4n) is 3.36. The molecule has 7 nitrogen and oxygen atoms in total. The molecular weight excluding hydrogens is 438 g/mol. The molecule has 0 spiro atoms. The molecule has 1 aromatic carbocycles. The second kappa shape index (κ2) is 9.45. The van der Waals surface area contributed by atoms with Crippen LogP contribution in [-0.4, -0.2) is 50.4 Å². The summed E-state index contributed by atoms with van der Waals surface area (Å²) in [7, 11) is 3.09. The number of aromatic nitrogens is 1. The minimum atomic E-state index is -0.214. The van der Waals surface area contributed by atoms with Crippen LogP contribution in [0.1, 0.15) is 29.8 Å². The lowest BCUT2D eigenvalue weighted by Gasteiger charge is -2.36. The highest BCUT2D eigenvalue weighted by Crippen LogP contribution is 2.35. The van der Waals surface area contributed by atoms with Crippen molar-refractivity contribution in [3.63, 3.8) is 0 Å². The Kier molecular flexibility index (Phi) is 6.97. The van der Waals surface area contributed by atoms with E-state index in [9.17, 15) is 4.79 Å². The molecule has 1 N–H and O–H groups in total. The first-order valence-electron chi connectivity index (χ1n) is 9.46. The molecule has 156 valence electrons. The van der Waals surface area contributed by atoms with E-state index in [0.717, 1.165) is 24.5 Å². The summed E-state index contributed by atoms with van der Waals surface area (Å²) in [5, 5.41) is 2.91. The predicted octanol–water partition coefficient (Wildman–Crippen LogP) is 3.40. The average Bonchev–Trinajstić information content (AvgIpc) is 2.71. The summed E-state index contributed by atoms with van der Waals surface area (Å²) in [6.07, 6.45) is 2.15. The Morgan fingerprint density at radius 2 is 1.83 bits per heavy atom. The van der Waals surface area contributed by atoms with E-state index in [1.807, 2.05) is 12.1 Å². The SMILES string of the molecule is COc1cc(C(=O)NCc2ccc(N3CC(C)OC(C)C3)nc2)cc(OC)c1Br. The lowest BCUT2D eigenvalue weighted by Crippen LogP contribution is -2.45. The third-order valence-electron chi connectivity index (χ3n) is 4.71. The Morgan fingerprint density at radius 3 is 2.34 bits per heavy atom. The molecule has 2 unspecified atom stereocenters. The molecule has 29 heavy (non-hydrogen) atoms. The van der Waals surface area contributed by atoms with E-state index in [4.69, 9.17) is 14.2 Å². The van der Waals surface area contributed by atoms with Crippen LogP contribution in [0.5, 0.6) is 11.5 Å². The van der Waals surface area contributed by atoms with Crippen LogP contribution in [0.25, 0.3) is 0 Å². The van der Waals surface area contributed by atoms with Gasteiger partial charge in [-0.1, -0.05) is 6.07 Å². The predicted molar refractivity (Wildman–Crippen MR) is 115 cm³/mol. The number of halogens is 1. The van der Waals surface area contributed by atoms with E-state index < -0.39 is 0 Å². The average molecular weight is 464 g/mol. The summed E-state index contributed by atoms with van der Waals surface area (Å²) >= 11 is 3.41. The number of carbonyl (C=O) groups excluding carboxylic acids is 1.